The first-order valence-corrected chi connectivity index (χ1v) is 12.6. The topological polar surface area (TPSA) is 182 Å². The molecule has 0 aliphatic rings. The van der Waals surface area contributed by atoms with Gasteiger partial charge in [0.25, 0.3) is 5.91 Å². The fourth-order valence-electron chi connectivity index (χ4n) is 3.60. The van der Waals surface area contributed by atoms with Crippen LogP contribution in [0.3, 0.4) is 0 Å². The third kappa shape index (κ3) is 7.35. The summed E-state index contributed by atoms with van der Waals surface area (Å²) in [5, 5.41) is 13.3. The van der Waals surface area contributed by atoms with Crippen molar-refractivity contribution in [2.24, 2.45) is 5.73 Å². The molecule has 0 aliphatic carbocycles. The summed E-state index contributed by atoms with van der Waals surface area (Å²) in [5.41, 5.74) is 6.00. The van der Waals surface area contributed by atoms with Gasteiger partial charge in [-0.2, -0.15) is 0 Å². The third-order valence-corrected chi connectivity index (χ3v) is 6.82. The van der Waals surface area contributed by atoms with E-state index in [1.165, 1.54) is 12.1 Å². The number of carbonyl (C=O) groups excluding carboxylic acids is 3. The van der Waals surface area contributed by atoms with Crippen molar-refractivity contribution in [2.75, 3.05) is 13.2 Å². The second-order valence-electron chi connectivity index (χ2n) is 8.01. The lowest BCUT2D eigenvalue weighted by Gasteiger charge is -2.16. The van der Waals surface area contributed by atoms with Crippen LogP contribution in [-0.2, 0) is 30.8 Å². The second-order valence-corrected chi connectivity index (χ2v) is 9.69. The highest BCUT2D eigenvalue weighted by Gasteiger charge is 2.26. The lowest BCUT2D eigenvalue weighted by atomic mass is 10.0. The number of fused-ring (bicyclic) bond motifs is 1. The van der Waals surface area contributed by atoms with Gasteiger partial charge in [-0.3, -0.25) is 14.4 Å². The number of ether oxygens (including phenoxy) is 1. The average molecular weight is 528 g/mol. The summed E-state index contributed by atoms with van der Waals surface area (Å²) in [4.78, 5) is 45.2. The molecule has 3 aromatic rings. The van der Waals surface area contributed by atoms with E-state index in [2.05, 4.69) is 5.32 Å². The van der Waals surface area contributed by atoms with Crippen LogP contribution in [0, 0.1) is 0 Å². The number of primary amides is 1. The van der Waals surface area contributed by atoms with Crippen LogP contribution in [0.25, 0.3) is 10.8 Å². The zero-order valence-corrected chi connectivity index (χ0v) is 20.4. The minimum atomic E-state index is -4.42. The predicted molar refractivity (Wildman–Crippen MR) is 134 cm³/mol. The molecule has 0 saturated carbocycles. The van der Waals surface area contributed by atoms with Crippen molar-refractivity contribution >= 4 is 44.9 Å². The number of benzene rings is 3. The maximum absolute atomic E-state index is 13.0. The Morgan fingerprint density at radius 3 is 2.49 bits per heavy atom. The molecule has 37 heavy (non-hydrogen) atoms. The highest BCUT2D eigenvalue weighted by Crippen LogP contribution is 2.27. The Morgan fingerprint density at radius 1 is 1.05 bits per heavy atom. The van der Waals surface area contributed by atoms with E-state index in [4.69, 9.17) is 15.6 Å². The van der Waals surface area contributed by atoms with Crippen LogP contribution in [0.2, 0.25) is 0 Å². The maximum Gasteiger partial charge on any atom is 0.305 e. The van der Waals surface area contributed by atoms with Gasteiger partial charge in [0.2, 0.25) is 15.9 Å². The molecule has 0 heterocycles. The summed E-state index contributed by atoms with van der Waals surface area (Å²) in [6.45, 7) is -0.386. The van der Waals surface area contributed by atoms with Gasteiger partial charge in [-0.25, -0.2) is 13.1 Å². The fraction of sp³-hybridized carbons (Fsp3) is 0.200. The average Bonchev–Trinajstić information content (AvgIpc) is 2.86. The van der Waals surface area contributed by atoms with Crippen molar-refractivity contribution in [3.63, 3.8) is 0 Å². The SMILES string of the molecule is NC(=O)CNC(=O)c1ccc(S(=O)(=O)N[C@H](C=O)CC(=O)O)c(OCCc2cccc3ccccc23)c1. The van der Waals surface area contributed by atoms with Crippen LogP contribution >= 0.6 is 0 Å². The molecule has 194 valence electrons. The number of nitrogens with two attached hydrogens (primary N) is 1. The second kappa shape index (κ2) is 12.1. The molecular weight excluding hydrogens is 502 g/mol. The minimum absolute atomic E-state index is 0.00201. The van der Waals surface area contributed by atoms with Crippen LogP contribution in [-0.4, -0.2) is 56.8 Å². The van der Waals surface area contributed by atoms with Gasteiger partial charge < -0.3 is 25.7 Å². The number of nitrogens with one attached hydrogen (secondary N) is 2. The number of carbonyl (C=O) groups is 4. The molecule has 0 aromatic heterocycles. The van der Waals surface area contributed by atoms with Gasteiger partial charge in [0.1, 0.15) is 16.9 Å². The molecule has 0 saturated heterocycles. The van der Waals surface area contributed by atoms with Gasteiger partial charge in [-0.1, -0.05) is 42.5 Å². The molecule has 12 heteroatoms. The first-order chi connectivity index (χ1) is 17.6. The Morgan fingerprint density at radius 2 is 1.78 bits per heavy atom. The molecule has 11 nitrogen and oxygen atoms in total. The molecule has 0 spiro atoms. The van der Waals surface area contributed by atoms with Gasteiger partial charge in [0.15, 0.2) is 0 Å². The normalized spacial score (nSPS) is 12.0. The van der Waals surface area contributed by atoms with Crippen LogP contribution in [0.15, 0.2) is 65.6 Å². The molecule has 0 radical (unpaired) electrons. The van der Waals surface area contributed by atoms with Gasteiger partial charge in [0, 0.05) is 12.0 Å². The lowest BCUT2D eigenvalue weighted by Crippen LogP contribution is -2.37. The van der Waals surface area contributed by atoms with Crippen LogP contribution in [0.1, 0.15) is 22.3 Å². The van der Waals surface area contributed by atoms with E-state index in [1.807, 2.05) is 47.2 Å². The molecular formula is C25H25N3O8S. The number of sulfonamides is 1. The lowest BCUT2D eigenvalue weighted by molar-refractivity contribution is -0.138. The number of hydrogen-bond acceptors (Lipinski definition) is 7. The van der Waals surface area contributed by atoms with E-state index < -0.39 is 51.7 Å². The van der Waals surface area contributed by atoms with E-state index in [0.29, 0.717) is 6.42 Å². The zero-order valence-electron chi connectivity index (χ0n) is 19.5. The Hall–Kier alpha value is -4.29. The highest BCUT2D eigenvalue weighted by molar-refractivity contribution is 7.89. The minimum Gasteiger partial charge on any atom is -0.492 e. The number of rotatable bonds is 13. The van der Waals surface area contributed by atoms with Crippen LogP contribution in [0.5, 0.6) is 5.75 Å². The Kier molecular flexibility index (Phi) is 8.93. The smallest absolute Gasteiger partial charge is 0.305 e. The van der Waals surface area contributed by atoms with Crippen molar-refractivity contribution in [1.82, 2.24) is 10.0 Å². The fourth-order valence-corrected chi connectivity index (χ4v) is 4.90. The van der Waals surface area contributed by atoms with Gasteiger partial charge in [-0.15, -0.1) is 0 Å². The first-order valence-electron chi connectivity index (χ1n) is 11.1. The number of carboxylic acid groups (broad SMARTS) is 1. The molecule has 3 aromatic carbocycles. The molecule has 3 rings (SSSR count). The summed E-state index contributed by atoms with van der Waals surface area (Å²) in [5.74, 6) is -3.01. The van der Waals surface area contributed by atoms with Gasteiger partial charge in [0.05, 0.1) is 25.6 Å². The predicted octanol–water partition coefficient (Wildman–Crippen LogP) is 0.997. The zero-order chi connectivity index (χ0) is 27.0. The van der Waals surface area contributed by atoms with Gasteiger partial charge >= 0.3 is 5.97 Å². The summed E-state index contributed by atoms with van der Waals surface area (Å²) < 4.78 is 33.8. The van der Waals surface area contributed by atoms with Gasteiger partial charge in [-0.05, 0) is 34.5 Å². The molecule has 0 aliphatic heterocycles. The van der Waals surface area contributed by atoms with E-state index in [1.54, 1.807) is 0 Å². The first kappa shape index (κ1) is 27.3. The largest absolute Gasteiger partial charge is 0.492 e. The van der Waals surface area contributed by atoms with Crippen molar-refractivity contribution in [3.05, 3.63) is 71.8 Å². The van der Waals surface area contributed by atoms with E-state index in [-0.39, 0.29) is 24.2 Å². The van der Waals surface area contributed by atoms with Crippen molar-refractivity contribution in [2.45, 2.75) is 23.8 Å². The van der Waals surface area contributed by atoms with Crippen molar-refractivity contribution in [1.29, 1.82) is 0 Å². The monoisotopic (exact) mass is 527 g/mol. The molecule has 0 bridgehead atoms. The maximum atomic E-state index is 13.0. The van der Waals surface area contributed by atoms with E-state index in [0.717, 1.165) is 22.4 Å². The third-order valence-electron chi connectivity index (χ3n) is 5.29. The van der Waals surface area contributed by atoms with Crippen molar-refractivity contribution < 1.29 is 37.4 Å². The summed E-state index contributed by atoms with van der Waals surface area (Å²) >= 11 is 0. The van der Waals surface area contributed by atoms with E-state index >= 15 is 0 Å². The number of amides is 2. The number of aliphatic carboxylic acids is 1. The number of carboxylic acids is 1. The van der Waals surface area contributed by atoms with Crippen molar-refractivity contribution in [3.8, 4) is 5.75 Å². The molecule has 0 fully saturated rings. The van der Waals surface area contributed by atoms with Crippen LogP contribution < -0.4 is 20.5 Å². The molecule has 0 unspecified atom stereocenters. The molecule has 2 amide bonds. The summed E-state index contributed by atoms with van der Waals surface area (Å²) in [7, 11) is -4.42. The quantitative estimate of drug-likeness (QED) is 0.237. The van der Waals surface area contributed by atoms with E-state index in [9.17, 15) is 27.6 Å². The highest BCUT2D eigenvalue weighted by atomic mass is 32.2. The molecule has 1 atom stereocenters. The standard InChI is InChI=1S/C25H25N3O8S/c26-23(30)14-27-25(33)18-8-9-22(37(34,35)28-19(15-29)13-24(31)32)21(12-18)36-11-10-17-6-3-5-16-4-1-2-7-20(16)17/h1-9,12,15,19,28H,10-11,13-14H2,(H2,26,30)(H,27,33)(H,31,32)/t19-/m0/s1. The summed E-state index contributed by atoms with van der Waals surface area (Å²) in [6.07, 6.45) is -0.172. The Bertz CT molecular complexity index is 1430. The Balaban J connectivity index is 1.89. The molecule has 5 N–H and O–H groups in total. The number of hydrogen-bond donors (Lipinski definition) is 4. The Labute approximate surface area is 212 Å². The van der Waals surface area contributed by atoms with Crippen LogP contribution in [0.4, 0.5) is 0 Å². The number of aldehydes is 1. The summed E-state index contributed by atoms with van der Waals surface area (Å²) in [6, 6.07) is 15.5.